The normalized spacial score (nSPS) is 11.2. The molecule has 2 aromatic carbocycles. The quantitative estimate of drug-likeness (QED) is 0.128. The summed E-state index contributed by atoms with van der Waals surface area (Å²) in [6.45, 7) is 10.1. The van der Waals surface area contributed by atoms with Crippen molar-refractivity contribution < 1.29 is 47.4 Å². The zero-order valence-corrected chi connectivity index (χ0v) is 24.3. The molecule has 0 saturated carbocycles. The van der Waals surface area contributed by atoms with Crippen LogP contribution in [0.3, 0.4) is 0 Å². The van der Waals surface area contributed by atoms with Gasteiger partial charge in [0.05, 0.1) is 119 Å². The Morgan fingerprint density at radius 3 is 0.951 bits per heavy atom. The van der Waals surface area contributed by atoms with Crippen molar-refractivity contribution in [3.05, 3.63) is 66.2 Å². The van der Waals surface area contributed by atoms with Gasteiger partial charge in [0.15, 0.2) is 0 Å². The molecule has 10 nitrogen and oxygen atoms in total. The molecule has 2 aromatic rings. The van der Waals surface area contributed by atoms with Crippen LogP contribution in [0.2, 0.25) is 0 Å². The fraction of sp³-hybridized carbons (Fsp3) is 0.613. The van der Waals surface area contributed by atoms with Gasteiger partial charge in [0.2, 0.25) is 0 Å². The predicted octanol–water partition coefficient (Wildman–Crippen LogP) is 3.42. The highest BCUT2D eigenvalue weighted by Gasteiger charge is 1.97. The molecule has 0 aromatic heterocycles. The summed E-state index contributed by atoms with van der Waals surface area (Å²) in [4.78, 5) is 0. The van der Waals surface area contributed by atoms with Crippen molar-refractivity contribution >= 4 is 0 Å². The van der Waals surface area contributed by atoms with Crippen LogP contribution >= 0.6 is 0 Å². The molecule has 0 heterocycles. The Morgan fingerprint density at radius 2 is 0.585 bits per heavy atom. The largest absolute Gasteiger partial charge is 0.491 e. The van der Waals surface area contributed by atoms with Crippen LogP contribution in [-0.4, -0.2) is 119 Å². The maximum Gasteiger partial charge on any atom is 0.119 e. The van der Waals surface area contributed by atoms with Crippen LogP contribution in [0, 0.1) is 0 Å². The van der Waals surface area contributed by atoms with E-state index in [9.17, 15) is 0 Å². The summed E-state index contributed by atoms with van der Waals surface area (Å²) in [5.74, 6) is 0.847. The molecule has 0 fully saturated rings. The van der Waals surface area contributed by atoms with Crippen molar-refractivity contribution in [2.75, 3.05) is 119 Å². The minimum Gasteiger partial charge on any atom is -0.491 e. The fourth-order valence-electron chi connectivity index (χ4n) is 3.26. The second kappa shape index (κ2) is 28.0. The van der Waals surface area contributed by atoms with Crippen LogP contribution in [0.1, 0.15) is 5.56 Å². The van der Waals surface area contributed by atoms with Gasteiger partial charge in [-0.2, -0.15) is 0 Å². The third kappa shape index (κ3) is 23.2. The summed E-state index contributed by atoms with van der Waals surface area (Å²) in [7, 11) is 0. The van der Waals surface area contributed by atoms with Gasteiger partial charge in [0.1, 0.15) is 12.4 Å². The summed E-state index contributed by atoms with van der Waals surface area (Å²) in [6.07, 6.45) is 0. The summed E-state index contributed by atoms with van der Waals surface area (Å²) in [5, 5.41) is 0. The number of hydrogen-bond acceptors (Lipinski definition) is 10. The zero-order valence-electron chi connectivity index (χ0n) is 24.3. The number of benzene rings is 2. The zero-order chi connectivity index (χ0) is 28.7. The van der Waals surface area contributed by atoms with E-state index in [-0.39, 0.29) is 0 Å². The molecule has 0 saturated heterocycles. The van der Waals surface area contributed by atoms with Gasteiger partial charge in [-0.15, -0.1) is 0 Å². The van der Waals surface area contributed by atoms with E-state index < -0.39 is 0 Å². The summed E-state index contributed by atoms with van der Waals surface area (Å²) in [6, 6.07) is 19.8. The van der Waals surface area contributed by atoms with Crippen LogP contribution in [0.4, 0.5) is 0 Å². The fourth-order valence-corrected chi connectivity index (χ4v) is 3.26. The van der Waals surface area contributed by atoms with E-state index in [0.29, 0.717) is 126 Å². The number of hydrogen-bond donors (Lipinski definition) is 0. The van der Waals surface area contributed by atoms with Crippen molar-refractivity contribution in [2.45, 2.75) is 6.61 Å². The first-order valence-corrected chi connectivity index (χ1v) is 14.4. The second-order valence-corrected chi connectivity index (χ2v) is 8.60. The minimum absolute atomic E-state index is 0.519. The first-order chi connectivity index (χ1) is 20.4. The topological polar surface area (TPSA) is 92.3 Å². The molecule has 0 aliphatic rings. The average Bonchev–Trinajstić information content (AvgIpc) is 3.01. The summed E-state index contributed by atoms with van der Waals surface area (Å²) < 4.78 is 54.9. The van der Waals surface area contributed by atoms with Gasteiger partial charge in [-0.1, -0.05) is 48.5 Å². The molecular formula is C31H48O10. The van der Waals surface area contributed by atoms with Gasteiger partial charge >= 0.3 is 0 Å². The molecule has 0 aliphatic heterocycles. The van der Waals surface area contributed by atoms with Gasteiger partial charge in [0, 0.05) is 0 Å². The Hall–Kier alpha value is -2.12. The van der Waals surface area contributed by atoms with Crippen molar-refractivity contribution in [1.82, 2.24) is 0 Å². The van der Waals surface area contributed by atoms with Crippen molar-refractivity contribution in [3.8, 4) is 5.75 Å². The van der Waals surface area contributed by atoms with E-state index in [1.165, 1.54) is 0 Å². The van der Waals surface area contributed by atoms with E-state index in [0.717, 1.165) is 11.3 Å². The number of ether oxygens (including phenoxy) is 10. The molecule has 10 heteroatoms. The minimum atomic E-state index is 0.519. The monoisotopic (exact) mass is 580 g/mol. The van der Waals surface area contributed by atoms with Gasteiger partial charge in [-0.3, -0.25) is 0 Å². The Morgan fingerprint density at radius 1 is 0.293 bits per heavy atom. The lowest BCUT2D eigenvalue weighted by molar-refractivity contribution is -0.0257. The third-order valence-corrected chi connectivity index (χ3v) is 5.33. The van der Waals surface area contributed by atoms with Crippen LogP contribution in [-0.2, 0) is 49.2 Å². The Labute approximate surface area is 245 Å². The summed E-state index contributed by atoms with van der Waals surface area (Å²) in [5.41, 5.74) is 1.16. The van der Waals surface area contributed by atoms with Crippen LogP contribution in [0.5, 0.6) is 5.75 Å². The second-order valence-electron chi connectivity index (χ2n) is 8.60. The van der Waals surface area contributed by atoms with E-state index in [4.69, 9.17) is 47.4 Å². The Balaban J connectivity index is 1.15. The molecule has 0 bridgehead atoms. The molecule has 0 atom stereocenters. The standard InChI is InChI=1S/C31H48O10/c1-3-7-30(8-4-1)29-40-26-25-38-22-21-36-18-17-34-14-13-32-11-12-33-15-16-35-19-20-37-23-24-39-27-28-41-31-9-5-2-6-10-31/h1-10H,11-29H2. The molecule has 2 rings (SSSR count). The van der Waals surface area contributed by atoms with E-state index >= 15 is 0 Å². The highest BCUT2D eigenvalue weighted by atomic mass is 16.6. The molecule has 0 spiro atoms. The van der Waals surface area contributed by atoms with Crippen molar-refractivity contribution in [3.63, 3.8) is 0 Å². The highest BCUT2D eigenvalue weighted by molar-refractivity contribution is 5.20. The van der Waals surface area contributed by atoms with Crippen molar-refractivity contribution in [1.29, 1.82) is 0 Å². The SMILES string of the molecule is c1ccc(COCCOCCOCCOCCOCCOCCOCCOCCOCCOc2ccccc2)cc1. The number of para-hydroxylation sites is 1. The van der Waals surface area contributed by atoms with Crippen LogP contribution in [0.15, 0.2) is 60.7 Å². The number of rotatable bonds is 30. The molecule has 0 unspecified atom stereocenters. The molecule has 232 valence electrons. The first kappa shape index (κ1) is 35.1. The third-order valence-electron chi connectivity index (χ3n) is 5.33. The van der Waals surface area contributed by atoms with Crippen LogP contribution < -0.4 is 4.74 Å². The first-order valence-electron chi connectivity index (χ1n) is 14.4. The molecule has 0 radical (unpaired) electrons. The van der Waals surface area contributed by atoms with Crippen molar-refractivity contribution in [2.24, 2.45) is 0 Å². The van der Waals surface area contributed by atoms with Gasteiger partial charge in [-0.05, 0) is 17.7 Å². The Kier molecular flexibility index (Phi) is 24.0. The van der Waals surface area contributed by atoms with E-state index in [2.05, 4.69) is 0 Å². The lowest BCUT2D eigenvalue weighted by Crippen LogP contribution is -2.15. The summed E-state index contributed by atoms with van der Waals surface area (Å²) >= 11 is 0. The highest BCUT2D eigenvalue weighted by Crippen LogP contribution is 2.07. The average molecular weight is 581 g/mol. The smallest absolute Gasteiger partial charge is 0.119 e. The van der Waals surface area contributed by atoms with Gasteiger partial charge in [-0.25, -0.2) is 0 Å². The van der Waals surface area contributed by atoms with Crippen LogP contribution in [0.25, 0.3) is 0 Å². The molecule has 41 heavy (non-hydrogen) atoms. The molecule has 0 aliphatic carbocycles. The predicted molar refractivity (Wildman–Crippen MR) is 155 cm³/mol. The molecule has 0 amide bonds. The maximum atomic E-state index is 5.56. The maximum absolute atomic E-state index is 5.56. The molecular weight excluding hydrogens is 532 g/mol. The Bertz CT molecular complexity index is 715. The van der Waals surface area contributed by atoms with E-state index in [1.807, 2.05) is 60.7 Å². The lowest BCUT2D eigenvalue weighted by atomic mass is 10.2. The van der Waals surface area contributed by atoms with Gasteiger partial charge < -0.3 is 47.4 Å². The van der Waals surface area contributed by atoms with E-state index in [1.54, 1.807) is 0 Å². The lowest BCUT2D eigenvalue weighted by Gasteiger charge is -2.09. The molecule has 0 N–H and O–H groups in total. The van der Waals surface area contributed by atoms with Gasteiger partial charge in [0.25, 0.3) is 0 Å².